The summed E-state index contributed by atoms with van der Waals surface area (Å²) in [4.78, 5) is 24.4. The number of hydrazone groups is 1. The molecule has 0 fully saturated rings. The number of rotatable bonds is 6. The first-order chi connectivity index (χ1) is 12.0. The Hall–Kier alpha value is -2.47. The molecule has 130 valence electrons. The smallest absolute Gasteiger partial charge is 0.303 e. The lowest BCUT2D eigenvalue weighted by molar-refractivity contribution is -0.137. The van der Waals surface area contributed by atoms with Crippen LogP contribution < -0.4 is 0 Å². The molecule has 0 saturated heterocycles. The second-order valence-electron chi connectivity index (χ2n) is 6.14. The Balaban J connectivity index is 1.81. The van der Waals surface area contributed by atoms with E-state index in [4.69, 9.17) is 5.11 Å². The second kappa shape index (κ2) is 7.61. The molecule has 0 saturated carbocycles. The fourth-order valence-corrected chi connectivity index (χ4v) is 3.61. The Kier molecular flexibility index (Phi) is 5.28. The van der Waals surface area contributed by atoms with Gasteiger partial charge in [0.05, 0.1) is 16.6 Å². The van der Waals surface area contributed by atoms with E-state index in [0.29, 0.717) is 12.8 Å². The largest absolute Gasteiger partial charge is 0.481 e. The molecule has 2 aromatic rings. The van der Waals surface area contributed by atoms with Crippen LogP contribution in [0.2, 0.25) is 0 Å². The van der Waals surface area contributed by atoms with Gasteiger partial charge in [0.25, 0.3) is 0 Å². The molecule has 0 spiro atoms. The summed E-state index contributed by atoms with van der Waals surface area (Å²) in [7, 11) is 0. The summed E-state index contributed by atoms with van der Waals surface area (Å²) in [6, 6.07) is 12.0. The summed E-state index contributed by atoms with van der Waals surface area (Å²) in [5, 5.41) is 16.9. The normalized spacial score (nSPS) is 16.8. The van der Waals surface area contributed by atoms with Crippen molar-refractivity contribution >= 4 is 28.9 Å². The number of benzene rings is 1. The van der Waals surface area contributed by atoms with Gasteiger partial charge in [-0.2, -0.15) is 5.10 Å². The van der Waals surface area contributed by atoms with Gasteiger partial charge in [0, 0.05) is 19.3 Å². The number of thiophene rings is 1. The molecule has 0 aliphatic carbocycles. The minimum atomic E-state index is -0.882. The zero-order chi connectivity index (χ0) is 17.8. The molecular weight excluding hydrogens is 336 g/mol. The van der Waals surface area contributed by atoms with Crippen LogP contribution in [-0.2, 0) is 9.59 Å². The maximum atomic E-state index is 12.6. The van der Waals surface area contributed by atoms with Gasteiger partial charge in [-0.3, -0.25) is 9.59 Å². The van der Waals surface area contributed by atoms with Gasteiger partial charge in [0.2, 0.25) is 5.91 Å². The van der Waals surface area contributed by atoms with Gasteiger partial charge in [0.1, 0.15) is 0 Å². The second-order valence-corrected chi connectivity index (χ2v) is 7.09. The molecule has 0 radical (unpaired) electrons. The fourth-order valence-electron chi connectivity index (χ4n) is 2.89. The maximum Gasteiger partial charge on any atom is 0.303 e. The molecule has 1 aliphatic heterocycles. The van der Waals surface area contributed by atoms with Gasteiger partial charge in [-0.1, -0.05) is 35.9 Å². The van der Waals surface area contributed by atoms with Gasteiger partial charge in [-0.25, -0.2) is 5.01 Å². The van der Waals surface area contributed by atoms with Gasteiger partial charge >= 0.3 is 5.97 Å². The van der Waals surface area contributed by atoms with E-state index >= 15 is 0 Å². The molecular formula is C19H20N2O3S. The minimum Gasteiger partial charge on any atom is -0.481 e. The lowest BCUT2D eigenvalue weighted by Crippen LogP contribution is -2.27. The molecule has 3 rings (SSSR count). The number of aryl methyl sites for hydroxylation is 1. The molecule has 0 bridgehead atoms. The Morgan fingerprint density at radius 1 is 1.24 bits per heavy atom. The molecule has 1 aromatic carbocycles. The molecule has 1 aliphatic rings. The highest BCUT2D eigenvalue weighted by atomic mass is 32.1. The summed E-state index contributed by atoms with van der Waals surface area (Å²) in [5.41, 5.74) is 3.13. The van der Waals surface area contributed by atoms with Gasteiger partial charge in [-0.15, -0.1) is 11.3 Å². The minimum absolute atomic E-state index is 0.00370. The zero-order valence-corrected chi connectivity index (χ0v) is 14.8. The topological polar surface area (TPSA) is 70.0 Å². The molecule has 25 heavy (non-hydrogen) atoms. The van der Waals surface area contributed by atoms with Crippen LogP contribution in [0.5, 0.6) is 0 Å². The van der Waals surface area contributed by atoms with Crippen LogP contribution in [0, 0.1) is 6.92 Å². The van der Waals surface area contributed by atoms with E-state index in [2.05, 4.69) is 5.10 Å². The Bertz CT molecular complexity index is 782. The van der Waals surface area contributed by atoms with E-state index in [1.54, 1.807) is 16.3 Å². The van der Waals surface area contributed by atoms with E-state index in [1.165, 1.54) is 5.56 Å². The molecule has 1 atom stereocenters. The fraction of sp³-hybridized carbons (Fsp3) is 0.316. The Morgan fingerprint density at radius 2 is 2.00 bits per heavy atom. The zero-order valence-electron chi connectivity index (χ0n) is 14.0. The molecule has 1 amide bonds. The van der Waals surface area contributed by atoms with Crippen molar-refractivity contribution in [2.24, 2.45) is 5.10 Å². The highest BCUT2D eigenvalue weighted by molar-refractivity contribution is 7.12. The van der Waals surface area contributed by atoms with E-state index in [0.717, 1.165) is 16.2 Å². The number of hydrogen-bond acceptors (Lipinski definition) is 4. The SMILES string of the molecule is Cc1ccc([C@H]2CC(c3cccs3)=NN2C(=O)CCCC(=O)O)cc1. The number of amides is 1. The van der Waals surface area contributed by atoms with Crippen LogP contribution in [0.1, 0.15) is 47.7 Å². The van der Waals surface area contributed by atoms with Crippen LogP contribution >= 0.6 is 11.3 Å². The molecule has 1 aromatic heterocycles. The summed E-state index contributed by atoms with van der Waals surface area (Å²) in [5.74, 6) is -1.01. The quantitative estimate of drug-likeness (QED) is 0.851. The predicted octanol–water partition coefficient (Wildman–Crippen LogP) is 3.99. The molecule has 2 heterocycles. The number of carboxylic acid groups (broad SMARTS) is 1. The highest BCUT2D eigenvalue weighted by Crippen LogP contribution is 2.34. The Labute approximate surface area is 150 Å². The van der Waals surface area contributed by atoms with E-state index < -0.39 is 5.97 Å². The molecule has 5 nitrogen and oxygen atoms in total. The van der Waals surface area contributed by atoms with Crippen molar-refractivity contribution in [1.82, 2.24) is 5.01 Å². The summed E-state index contributed by atoms with van der Waals surface area (Å²) in [6.45, 7) is 2.03. The lowest BCUT2D eigenvalue weighted by Gasteiger charge is -2.22. The highest BCUT2D eigenvalue weighted by Gasteiger charge is 2.33. The van der Waals surface area contributed by atoms with Crippen molar-refractivity contribution in [3.8, 4) is 0 Å². The lowest BCUT2D eigenvalue weighted by atomic mass is 10.00. The van der Waals surface area contributed by atoms with Crippen molar-refractivity contribution in [3.05, 3.63) is 57.8 Å². The molecule has 6 heteroatoms. The average molecular weight is 356 g/mol. The van der Waals surface area contributed by atoms with Crippen LogP contribution in [0.3, 0.4) is 0 Å². The number of carboxylic acids is 1. The van der Waals surface area contributed by atoms with Crippen molar-refractivity contribution in [1.29, 1.82) is 0 Å². The third-order valence-electron chi connectivity index (χ3n) is 4.21. The predicted molar refractivity (Wildman–Crippen MR) is 97.7 cm³/mol. The number of hydrogen-bond donors (Lipinski definition) is 1. The average Bonchev–Trinajstić information content (AvgIpc) is 3.24. The van der Waals surface area contributed by atoms with Crippen LogP contribution in [-0.4, -0.2) is 27.7 Å². The molecule has 0 unspecified atom stereocenters. The monoisotopic (exact) mass is 356 g/mol. The van der Waals surface area contributed by atoms with Crippen LogP contribution in [0.15, 0.2) is 46.9 Å². The Morgan fingerprint density at radius 3 is 2.64 bits per heavy atom. The van der Waals surface area contributed by atoms with Crippen molar-refractivity contribution in [3.63, 3.8) is 0 Å². The van der Waals surface area contributed by atoms with Crippen molar-refractivity contribution in [2.45, 2.75) is 38.6 Å². The van der Waals surface area contributed by atoms with Gasteiger partial charge < -0.3 is 5.11 Å². The first kappa shape index (κ1) is 17.4. The van der Waals surface area contributed by atoms with Gasteiger partial charge in [0.15, 0.2) is 0 Å². The summed E-state index contributed by atoms with van der Waals surface area (Å²) in [6.07, 6.45) is 1.19. The maximum absolute atomic E-state index is 12.6. The van der Waals surface area contributed by atoms with Crippen molar-refractivity contribution < 1.29 is 14.7 Å². The first-order valence-corrected chi connectivity index (χ1v) is 9.14. The number of nitrogens with zero attached hydrogens (tertiary/aromatic N) is 2. The van der Waals surface area contributed by atoms with E-state index in [9.17, 15) is 9.59 Å². The third kappa shape index (κ3) is 4.14. The number of carbonyl (C=O) groups excluding carboxylic acids is 1. The summed E-state index contributed by atoms with van der Waals surface area (Å²) < 4.78 is 0. The molecule has 1 N–H and O–H groups in total. The van der Waals surface area contributed by atoms with Crippen LogP contribution in [0.25, 0.3) is 0 Å². The van der Waals surface area contributed by atoms with E-state index in [1.807, 2.05) is 48.7 Å². The first-order valence-electron chi connectivity index (χ1n) is 8.26. The summed E-state index contributed by atoms with van der Waals surface area (Å²) >= 11 is 1.61. The number of carbonyl (C=O) groups is 2. The van der Waals surface area contributed by atoms with E-state index in [-0.39, 0.29) is 24.8 Å². The van der Waals surface area contributed by atoms with Crippen LogP contribution in [0.4, 0.5) is 0 Å². The standard InChI is InChI=1S/C19H20N2O3S/c1-13-7-9-14(10-8-13)16-12-15(17-4-3-11-25-17)20-21(16)18(22)5-2-6-19(23)24/h3-4,7-11,16H,2,5-6,12H2,1H3,(H,23,24)/t16-/m1/s1. The number of aliphatic carboxylic acids is 1. The van der Waals surface area contributed by atoms with Gasteiger partial charge in [-0.05, 0) is 30.4 Å². The third-order valence-corrected chi connectivity index (χ3v) is 5.13. The van der Waals surface area contributed by atoms with Crippen molar-refractivity contribution in [2.75, 3.05) is 0 Å².